The van der Waals surface area contributed by atoms with E-state index in [0.717, 1.165) is 37.3 Å². The average Bonchev–Trinajstić information content (AvgIpc) is 2.70. The molecule has 138 valence electrons. The lowest BCUT2D eigenvalue weighted by Gasteiger charge is -2.38. The van der Waals surface area contributed by atoms with E-state index >= 15 is 0 Å². The minimum atomic E-state index is -0.323. The second-order valence-corrected chi connectivity index (χ2v) is 7.09. The Labute approximate surface area is 159 Å². The maximum atomic E-state index is 12.1. The van der Waals surface area contributed by atoms with Gasteiger partial charge >= 0.3 is 0 Å². The highest BCUT2D eigenvalue weighted by atomic mass is 16.3. The molecule has 3 aromatic rings. The van der Waals surface area contributed by atoms with Gasteiger partial charge in [-0.05, 0) is 23.1 Å². The molecule has 4 rings (SSSR count). The molecule has 0 bridgehead atoms. The summed E-state index contributed by atoms with van der Waals surface area (Å²) in [6, 6.07) is 20.6. The lowest BCUT2D eigenvalue weighted by Crippen LogP contribution is -2.39. The van der Waals surface area contributed by atoms with E-state index in [-0.39, 0.29) is 17.2 Å². The van der Waals surface area contributed by atoms with Gasteiger partial charge in [0.25, 0.3) is 0 Å². The smallest absolute Gasteiger partial charge is 0.223 e. The number of hydrogen-bond donors (Lipinski definition) is 1. The van der Waals surface area contributed by atoms with Gasteiger partial charge in [-0.2, -0.15) is 0 Å². The van der Waals surface area contributed by atoms with Crippen molar-refractivity contribution in [2.45, 2.75) is 32.5 Å². The van der Waals surface area contributed by atoms with Gasteiger partial charge in [0.2, 0.25) is 5.43 Å². The first kappa shape index (κ1) is 17.6. The van der Waals surface area contributed by atoms with Crippen molar-refractivity contribution >= 4 is 0 Å². The van der Waals surface area contributed by atoms with E-state index in [1.54, 1.807) is 12.3 Å². The topological polar surface area (TPSA) is 45.5 Å². The molecule has 0 radical (unpaired) electrons. The fourth-order valence-electron chi connectivity index (χ4n) is 3.86. The molecule has 2 aromatic carbocycles. The van der Waals surface area contributed by atoms with Crippen molar-refractivity contribution in [2.75, 3.05) is 6.54 Å². The van der Waals surface area contributed by atoms with Crippen LogP contribution in [0.2, 0.25) is 0 Å². The second kappa shape index (κ2) is 7.41. The van der Waals surface area contributed by atoms with Crippen molar-refractivity contribution in [1.82, 2.24) is 9.47 Å². The van der Waals surface area contributed by atoms with Crippen LogP contribution in [0.4, 0.5) is 0 Å². The minimum absolute atomic E-state index is 0.0147. The number of rotatable bonds is 4. The summed E-state index contributed by atoms with van der Waals surface area (Å²) in [7, 11) is 0. The molecule has 1 atom stereocenters. The summed E-state index contributed by atoms with van der Waals surface area (Å²) in [4.78, 5) is 14.5. The lowest BCUT2D eigenvalue weighted by atomic mass is 9.97. The van der Waals surface area contributed by atoms with Crippen LogP contribution in [0.25, 0.3) is 0 Å². The number of aromatic nitrogens is 1. The van der Waals surface area contributed by atoms with Crippen LogP contribution in [0.1, 0.15) is 35.3 Å². The minimum Gasteiger partial charge on any atom is -0.503 e. The van der Waals surface area contributed by atoms with Crippen LogP contribution in [0, 0.1) is 0 Å². The number of fused-ring (bicyclic) bond motifs is 1. The van der Waals surface area contributed by atoms with Crippen molar-refractivity contribution in [1.29, 1.82) is 0 Å². The molecule has 1 N–H and O–H groups in total. The summed E-state index contributed by atoms with van der Waals surface area (Å²) in [5.41, 5.74) is 4.37. The van der Waals surface area contributed by atoms with Crippen LogP contribution in [-0.4, -0.2) is 21.1 Å². The lowest BCUT2D eigenvalue weighted by molar-refractivity contribution is 0.172. The normalized spacial score (nSPS) is 16.9. The Bertz CT molecular complexity index is 978. The van der Waals surface area contributed by atoms with Crippen molar-refractivity contribution in [2.24, 2.45) is 0 Å². The predicted octanol–water partition coefficient (Wildman–Crippen LogP) is 3.72. The highest BCUT2D eigenvalue weighted by molar-refractivity contribution is 5.33. The number of aromatic hydroxyl groups is 1. The molecule has 1 aliphatic rings. The van der Waals surface area contributed by atoms with E-state index in [0.29, 0.717) is 0 Å². The number of hydrogen-bond acceptors (Lipinski definition) is 3. The van der Waals surface area contributed by atoms with E-state index in [1.807, 2.05) is 22.8 Å². The summed E-state index contributed by atoms with van der Waals surface area (Å²) in [5.74, 6) is -0.186. The third-order valence-corrected chi connectivity index (χ3v) is 5.35. The van der Waals surface area contributed by atoms with E-state index in [2.05, 4.69) is 48.2 Å². The van der Waals surface area contributed by atoms with Crippen molar-refractivity contribution < 1.29 is 5.11 Å². The molecule has 4 heteroatoms. The first-order valence-corrected chi connectivity index (χ1v) is 9.46. The molecular weight excluding hydrogens is 336 g/mol. The van der Waals surface area contributed by atoms with Gasteiger partial charge in [0.15, 0.2) is 5.75 Å². The first-order valence-electron chi connectivity index (χ1n) is 9.46. The SMILES string of the molecule is CCc1ccc(CN2CCn3cc(O)c(=O)cc3[C@@H]2c2ccccc2)cc1. The molecular formula is C23H24N2O2. The van der Waals surface area contributed by atoms with Crippen LogP contribution in [0.15, 0.2) is 71.7 Å². The zero-order valence-corrected chi connectivity index (χ0v) is 15.5. The van der Waals surface area contributed by atoms with E-state index in [4.69, 9.17) is 0 Å². The van der Waals surface area contributed by atoms with Gasteiger partial charge in [-0.3, -0.25) is 9.69 Å². The van der Waals surface area contributed by atoms with Crippen LogP contribution < -0.4 is 5.43 Å². The molecule has 1 aromatic heterocycles. The Morgan fingerprint density at radius 1 is 1.00 bits per heavy atom. The highest BCUT2D eigenvalue weighted by Gasteiger charge is 2.29. The first-order chi connectivity index (χ1) is 13.2. The molecule has 0 fully saturated rings. The zero-order chi connectivity index (χ0) is 18.8. The summed E-state index contributed by atoms with van der Waals surface area (Å²) in [6.07, 6.45) is 2.61. The van der Waals surface area contributed by atoms with Gasteiger partial charge < -0.3 is 9.67 Å². The number of pyridine rings is 1. The maximum absolute atomic E-state index is 12.1. The van der Waals surface area contributed by atoms with Crippen LogP contribution in [-0.2, 0) is 19.5 Å². The van der Waals surface area contributed by atoms with Gasteiger partial charge in [0.1, 0.15) is 0 Å². The van der Waals surface area contributed by atoms with Gasteiger partial charge in [-0.15, -0.1) is 0 Å². The summed E-state index contributed by atoms with van der Waals surface area (Å²) < 4.78 is 2.01. The van der Waals surface area contributed by atoms with E-state index in [1.165, 1.54) is 11.1 Å². The van der Waals surface area contributed by atoms with Crippen molar-refractivity contribution in [3.05, 3.63) is 99.5 Å². The Morgan fingerprint density at radius 2 is 1.70 bits per heavy atom. The number of benzene rings is 2. The summed E-state index contributed by atoms with van der Waals surface area (Å²) >= 11 is 0. The Balaban J connectivity index is 1.73. The van der Waals surface area contributed by atoms with Crippen molar-refractivity contribution in [3.63, 3.8) is 0 Å². The van der Waals surface area contributed by atoms with Crippen LogP contribution in [0.3, 0.4) is 0 Å². The summed E-state index contributed by atoms with van der Waals surface area (Å²) in [6.45, 7) is 4.58. The Morgan fingerprint density at radius 3 is 2.41 bits per heavy atom. The van der Waals surface area contributed by atoms with E-state index in [9.17, 15) is 9.90 Å². The number of aryl methyl sites for hydroxylation is 1. The van der Waals surface area contributed by atoms with Crippen molar-refractivity contribution in [3.8, 4) is 5.75 Å². The van der Waals surface area contributed by atoms with Gasteiger partial charge in [0, 0.05) is 31.4 Å². The molecule has 2 heterocycles. The fourth-order valence-corrected chi connectivity index (χ4v) is 3.86. The molecule has 0 spiro atoms. The van der Waals surface area contributed by atoms with Gasteiger partial charge in [-0.25, -0.2) is 0 Å². The third kappa shape index (κ3) is 3.53. The fraction of sp³-hybridized carbons (Fsp3) is 0.261. The zero-order valence-electron chi connectivity index (χ0n) is 15.5. The molecule has 27 heavy (non-hydrogen) atoms. The maximum Gasteiger partial charge on any atom is 0.223 e. The predicted molar refractivity (Wildman–Crippen MR) is 107 cm³/mol. The largest absolute Gasteiger partial charge is 0.503 e. The summed E-state index contributed by atoms with van der Waals surface area (Å²) in [5, 5.41) is 9.84. The van der Waals surface area contributed by atoms with Gasteiger partial charge in [-0.1, -0.05) is 61.5 Å². The Kier molecular flexibility index (Phi) is 4.82. The molecule has 0 saturated heterocycles. The molecule has 0 aliphatic carbocycles. The molecule has 0 saturated carbocycles. The molecule has 4 nitrogen and oxygen atoms in total. The standard InChI is InChI=1S/C23H24N2O2/c1-2-17-8-10-18(11-9-17)15-25-13-12-24-16-22(27)21(26)14-20(24)23(25)19-6-4-3-5-7-19/h3-11,14,16,23,27H,2,12-13,15H2,1H3/t23-/m0/s1. The second-order valence-electron chi connectivity index (χ2n) is 7.09. The number of nitrogens with zero attached hydrogens (tertiary/aromatic N) is 2. The quantitative estimate of drug-likeness (QED) is 0.771. The van der Waals surface area contributed by atoms with Crippen LogP contribution in [0.5, 0.6) is 5.75 Å². The Hall–Kier alpha value is -2.85. The highest BCUT2D eigenvalue weighted by Crippen LogP contribution is 2.33. The van der Waals surface area contributed by atoms with Gasteiger partial charge in [0.05, 0.1) is 12.2 Å². The van der Waals surface area contributed by atoms with E-state index < -0.39 is 0 Å². The molecule has 1 aliphatic heterocycles. The monoisotopic (exact) mass is 360 g/mol. The molecule has 0 unspecified atom stereocenters. The van der Waals surface area contributed by atoms with Crippen LogP contribution >= 0.6 is 0 Å². The molecule has 0 amide bonds. The average molecular weight is 360 g/mol. The third-order valence-electron chi connectivity index (χ3n) is 5.35.